The maximum Gasteiger partial charge on any atom is 0.259 e. The van der Waals surface area contributed by atoms with Crippen LogP contribution in [0.3, 0.4) is 0 Å². The van der Waals surface area contributed by atoms with Crippen LogP contribution < -0.4 is 10.1 Å². The van der Waals surface area contributed by atoms with Crippen molar-refractivity contribution in [3.05, 3.63) is 23.9 Å². The van der Waals surface area contributed by atoms with Gasteiger partial charge in [-0.05, 0) is 31.5 Å². The standard InChI is InChI=1S/C14H21N3O2/c1-3-9-17(11-6-8-15-10-11)14(18)12-5-4-7-16-13(12)19-2/h4-5,7,11,15H,3,6,8-10H2,1-2H3. The number of rotatable bonds is 5. The number of carbonyl (C=O) groups excluding carboxylic acids is 1. The fourth-order valence-electron chi connectivity index (χ4n) is 2.47. The number of amides is 1. The van der Waals surface area contributed by atoms with Crippen LogP contribution in [-0.2, 0) is 0 Å². The minimum Gasteiger partial charge on any atom is -0.480 e. The molecule has 1 aliphatic heterocycles. The first-order valence-electron chi connectivity index (χ1n) is 6.78. The highest BCUT2D eigenvalue weighted by Crippen LogP contribution is 2.19. The summed E-state index contributed by atoms with van der Waals surface area (Å²) in [5, 5.41) is 3.31. The maximum atomic E-state index is 12.7. The first-order valence-corrected chi connectivity index (χ1v) is 6.78. The highest BCUT2D eigenvalue weighted by molar-refractivity contribution is 5.96. The number of carbonyl (C=O) groups is 1. The number of pyridine rings is 1. The predicted octanol–water partition coefficient (Wildman–Crippen LogP) is 1.30. The summed E-state index contributed by atoms with van der Waals surface area (Å²) in [6.45, 7) is 4.70. The van der Waals surface area contributed by atoms with E-state index in [0.717, 1.165) is 32.5 Å². The third-order valence-electron chi connectivity index (χ3n) is 3.40. The zero-order valence-electron chi connectivity index (χ0n) is 11.6. The lowest BCUT2D eigenvalue weighted by Crippen LogP contribution is -2.42. The van der Waals surface area contributed by atoms with Crippen LogP contribution in [0, 0.1) is 0 Å². The monoisotopic (exact) mass is 263 g/mol. The molecule has 0 bridgehead atoms. The minimum absolute atomic E-state index is 0.0144. The number of hydrogen-bond donors (Lipinski definition) is 1. The van der Waals surface area contributed by atoms with Gasteiger partial charge in [0.1, 0.15) is 5.56 Å². The quantitative estimate of drug-likeness (QED) is 0.870. The Hall–Kier alpha value is -1.62. The molecule has 1 amide bonds. The van der Waals surface area contributed by atoms with Crippen molar-refractivity contribution in [2.45, 2.75) is 25.8 Å². The lowest BCUT2D eigenvalue weighted by Gasteiger charge is -2.28. The molecule has 1 atom stereocenters. The highest BCUT2D eigenvalue weighted by atomic mass is 16.5. The van der Waals surface area contributed by atoms with E-state index >= 15 is 0 Å². The van der Waals surface area contributed by atoms with Gasteiger partial charge in [-0.25, -0.2) is 4.98 Å². The molecule has 19 heavy (non-hydrogen) atoms. The third-order valence-corrected chi connectivity index (χ3v) is 3.40. The van der Waals surface area contributed by atoms with Crippen molar-refractivity contribution in [2.75, 3.05) is 26.7 Å². The summed E-state index contributed by atoms with van der Waals surface area (Å²) in [4.78, 5) is 18.7. The van der Waals surface area contributed by atoms with Crippen molar-refractivity contribution in [3.63, 3.8) is 0 Å². The SMILES string of the molecule is CCCN(C(=O)c1cccnc1OC)C1CCNC1. The number of ether oxygens (including phenoxy) is 1. The Morgan fingerprint density at radius 2 is 2.47 bits per heavy atom. The molecule has 1 aliphatic rings. The second-order valence-corrected chi connectivity index (χ2v) is 4.71. The largest absolute Gasteiger partial charge is 0.480 e. The summed E-state index contributed by atoms with van der Waals surface area (Å²) in [5.74, 6) is 0.417. The molecule has 1 unspecified atom stereocenters. The predicted molar refractivity (Wildman–Crippen MR) is 73.4 cm³/mol. The Bertz CT molecular complexity index is 430. The number of methoxy groups -OCH3 is 1. The van der Waals surface area contributed by atoms with Gasteiger partial charge in [-0.3, -0.25) is 4.79 Å². The zero-order valence-corrected chi connectivity index (χ0v) is 11.6. The summed E-state index contributed by atoms with van der Waals surface area (Å²) in [7, 11) is 1.54. The summed E-state index contributed by atoms with van der Waals surface area (Å²) in [6, 6.07) is 3.82. The van der Waals surface area contributed by atoms with Crippen molar-refractivity contribution in [1.29, 1.82) is 0 Å². The molecule has 1 aromatic heterocycles. The topological polar surface area (TPSA) is 54.5 Å². The van der Waals surface area contributed by atoms with Gasteiger partial charge in [-0.1, -0.05) is 6.92 Å². The van der Waals surface area contributed by atoms with E-state index in [4.69, 9.17) is 4.74 Å². The van der Waals surface area contributed by atoms with Gasteiger partial charge >= 0.3 is 0 Å². The molecule has 104 valence electrons. The highest BCUT2D eigenvalue weighted by Gasteiger charge is 2.28. The van der Waals surface area contributed by atoms with Gasteiger partial charge in [-0.2, -0.15) is 0 Å². The molecule has 0 saturated carbocycles. The lowest BCUT2D eigenvalue weighted by molar-refractivity contribution is 0.0688. The van der Waals surface area contributed by atoms with Crippen molar-refractivity contribution in [1.82, 2.24) is 15.2 Å². The van der Waals surface area contributed by atoms with Gasteiger partial charge < -0.3 is 15.0 Å². The molecule has 5 heteroatoms. The van der Waals surface area contributed by atoms with Crippen LogP contribution in [0.5, 0.6) is 5.88 Å². The molecule has 1 saturated heterocycles. The van der Waals surface area contributed by atoms with Crippen molar-refractivity contribution in [2.24, 2.45) is 0 Å². The molecule has 0 aliphatic carbocycles. The molecule has 2 rings (SSSR count). The molecule has 0 radical (unpaired) electrons. The molecule has 1 N–H and O–H groups in total. The van der Waals surface area contributed by atoms with Crippen LogP contribution in [0.25, 0.3) is 0 Å². The fourth-order valence-corrected chi connectivity index (χ4v) is 2.47. The van der Waals surface area contributed by atoms with Gasteiger partial charge in [0.05, 0.1) is 7.11 Å². The molecule has 1 aromatic rings. The smallest absolute Gasteiger partial charge is 0.259 e. The van der Waals surface area contributed by atoms with Crippen LogP contribution in [-0.4, -0.2) is 48.6 Å². The van der Waals surface area contributed by atoms with Gasteiger partial charge in [0, 0.05) is 25.3 Å². The van der Waals surface area contributed by atoms with Crippen molar-refractivity contribution in [3.8, 4) is 5.88 Å². The molecule has 1 fully saturated rings. The Labute approximate surface area is 114 Å². The normalized spacial score (nSPS) is 18.3. The maximum absolute atomic E-state index is 12.7. The first kappa shape index (κ1) is 13.8. The minimum atomic E-state index is 0.0144. The van der Waals surface area contributed by atoms with E-state index in [1.165, 1.54) is 0 Å². The van der Waals surface area contributed by atoms with E-state index in [1.54, 1.807) is 25.4 Å². The van der Waals surface area contributed by atoms with Crippen LogP contribution in [0.4, 0.5) is 0 Å². The van der Waals surface area contributed by atoms with Gasteiger partial charge in [-0.15, -0.1) is 0 Å². The Kier molecular flexibility index (Phi) is 4.74. The Morgan fingerprint density at radius 1 is 1.63 bits per heavy atom. The first-order chi connectivity index (χ1) is 9.27. The van der Waals surface area contributed by atoms with Crippen LogP contribution >= 0.6 is 0 Å². The zero-order chi connectivity index (χ0) is 13.7. The van der Waals surface area contributed by atoms with Gasteiger partial charge in [0.25, 0.3) is 5.91 Å². The molecule has 0 aromatic carbocycles. The molecule has 5 nitrogen and oxygen atoms in total. The summed E-state index contributed by atoms with van der Waals surface area (Å²) < 4.78 is 5.18. The molecule has 2 heterocycles. The van der Waals surface area contributed by atoms with E-state index in [-0.39, 0.29) is 11.9 Å². The van der Waals surface area contributed by atoms with E-state index in [2.05, 4.69) is 17.2 Å². The molecule has 0 spiro atoms. The summed E-state index contributed by atoms with van der Waals surface area (Å²) in [6.07, 6.45) is 3.59. The summed E-state index contributed by atoms with van der Waals surface area (Å²) >= 11 is 0. The van der Waals surface area contributed by atoms with Crippen LogP contribution in [0.2, 0.25) is 0 Å². The number of nitrogens with one attached hydrogen (secondary N) is 1. The van der Waals surface area contributed by atoms with Crippen molar-refractivity contribution < 1.29 is 9.53 Å². The Balaban J connectivity index is 2.22. The second-order valence-electron chi connectivity index (χ2n) is 4.71. The molecular formula is C14H21N3O2. The lowest BCUT2D eigenvalue weighted by atomic mass is 10.1. The van der Waals surface area contributed by atoms with Crippen LogP contribution in [0.1, 0.15) is 30.1 Å². The van der Waals surface area contributed by atoms with E-state index in [0.29, 0.717) is 11.4 Å². The number of nitrogens with zero attached hydrogens (tertiary/aromatic N) is 2. The molecular weight excluding hydrogens is 242 g/mol. The van der Waals surface area contributed by atoms with E-state index < -0.39 is 0 Å². The average Bonchev–Trinajstić information content (AvgIpc) is 2.98. The second kappa shape index (κ2) is 6.52. The number of hydrogen-bond acceptors (Lipinski definition) is 4. The van der Waals surface area contributed by atoms with Gasteiger partial charge in [0.2, 0.25) is 5.88 Å². The average molecular weight is 263 g/mol. The third kappa shape index (κ3) is 3.04. The van der Waals surface area contributed by atoms with E-state index in [1.807, 2.05) is 4.90 Å². The Morgan fingerprint density at radius 3 is 3.11 bits per heavy atom. The number of aromatic nitrogens is 1. The van der Waals surface area contributed by atoms with Gasteiger partial charge in [0.15, 0.2) is 0 Å². The summed E-state index contributed by atoms with van der Waals surface area (Å²) in [5.41, 5.74) is 0.547. The van der Waals surface area contributed by atoms with Crippen LogP contribution in [0.15, 0.2) is 18.3 Å². The van der Waals surface area contributed by atoms with E-state index in [9.17, 15) is 4.79 Å². The van der Waals surface area contributed by atoms with Crippen molar-refractivity contribution >= 4 is 5.91 Å². The fraction of sp³-hybridized carbons (Fsp3) is 0.571.